The van der Waals surface area contributed by atoms with Crippen molar-refractivity contribution < 1.29 is 19.1 Å². The van der Waals surface area contributed by atoms with Crippen LogP contribution in [0.5, 0.6) is 5.75 Å². The maximum atomic E-state index is 12.9. The van der Waals surface area contributed by atoms with Gasteiger partial charge in [0.25, 0.3) is 5.91 Å². The number of rotatable bonds is 6. The van der Waals surface area contributed by atoms with Crippen molar-refractivity contribution in [2.24, 2.45) is 0 Å². The standard InChI is InChI=1S/C22H25ClN2O4/c1-3-29-22(27)20(16-8-10-17(23)11-9-16)24-12-14-25(15-13-24)21(26)18-6-4-5-7-19(18)28-2/h4-11,20H,3,12-15H2,1-2H3. The highest BCUT2D eigenvalue weighted by Gasteiger charge is 2.33. The van der Waals surface area contributed by atoms with Crippen molar-refractivity contribution >= 4 is 23.5 Å². The topological polar surface area (TPSA) is 59.1 Å². The van der Waals surface area contributed by atoms with Crippen LogP contribution in [0.3, 0.4) is 0 Å². The van der Waals surface area contributed by atoms with Gasteiger partial charge in [0.2, 0.25) is 0 Å². The Morgan fingerprint density at radius 1 is 1.03 bits per heavy atom. The normalized spacial score (nSPS) is 15.6. The lowest BCUT2D eigenvalue weighted by Crippen LogP contribution is -2.51. The summed E-state index contributed by atoms with van der Waals surface area (Å²) in [6.45, 7) is 4.26. The van der Waals surface area contributed by atoms with Gasteiger partial charge in [-0.2, -0.15) is 0 Å². The van der Waals surface area contributed by atoms with Crippen molar-refractivity contribution in [3.63, 3.8) is 0 Å². The molecule has 0 aliphatic carbocycles. The van der Waals surface area contributed by atoms with Crippen LogP contribution in [-0.2, 0) is 9.53 Å². The summed E-state index contributed by atoms with van der Waals surface area (Å²) in [5.41, 5.74) is 1.38. The van der Waals surface area contributed by atoms with Crippen LogP contribution in [-0.4, -0.2) is 61.6 Å². The SMILES string of the molecule is CCOC(=O)C(c1ccc(Cl)cc1)N1CCN(C(=O)c2ccccc2OC)CC1. The lowest BCUT2D eigenvalue weighted by molar-refractivity contribution is -0.150. The van der Waals surface area contributed by atoms with E-state index in [1.165, 1.54) is 0 Å². The van der Waals surface area contributed by atoms with Gasteiger partial charge >= 0.3 is 5.97 Å². The fourth-order valence-corrected chi connectivity index (χ4v) is 3.66. The Hall–Kier alpha value is -2.57. The molecule has 3 rings (SSSR count). The third-order valence-electron chi connectivity index (χ3n) is 5.00. The summed E-state index contributed by atoms with van der Waals surface area (Å²) >= 11 is 6.00. The average Bonchev–Trinajstić information content (AvgIpc) is 2.75. The van der Waals surface area contributed by atoms with Crippen LogP contribution in [0, 0.1) is 0 Å². The van der Waals surface area contributed by atoms with E-state index in [0.717, 1.165) is 5.56 Å². The molecule has 0 aromatic heterocycles. The number of hydrogen-bond acceptors (Lipinski definition) is 5. The van der Waals surface area contributed by atoms with E-state index in [9.17, 15) is 9.59 Å². The number of methoxy groups -OCH3 is 1. The predicted octanol–water partition coefficient (Wildman–Crippen LogP) is 3.41. The summed E-state index contributed by atoms with van der Waals surface area (Å²) in [5, 5.41) is 0.614. The number of hydrogen-bond donors (Lipinski definition) is 0. The number of amides is 1. The molecule has 29 heavy (non-hydrogen) atoms. The van der Waals surface area contributed by atoms with Crippen molar-refractivity contribution in [1.29, 1.82) is 0 Å². The van der Waals surface area contributed by atoms with Gasteiger partial charge in [-0.25, -0.2) is 4.79 Å². The Morgan fingerprint density at radius 2 is 1.69 bits per heavy atom. The summed E-state index contributed by atoms with van der Waals surface area (Å²) in [6.07, 6.45) is 0. The van der Waals surface area contributed by atoms with Gasteiger partial charge in [0.15, 0.2) is 0 Å². The maximum Gasteiger partial charge on any atom is 0.328 e. The minimum absolute atomic E-state index is 0.0683. The number of esters is 1. The van der Waals surface area contributed by atoms with Crippen LogP contribution in [0.2, 0.25) is 5.02 Å². The number of para-hydroxylation sites is 1. The Morgan fingerprint density at radius 3 is 2.31 bits per heavy atom. The molecule has 2 aromatic carbocycles. The molecule has 1 saturated heterocycles. The fourth-order valence-electron chi connectivity index (χ4n) is 3.54. The molecular weight excluding hydrogens is 392 g/mol. The Bertz CT molecular complexity index is 848. The molecular formula is C22H25ClN2O4. The molecule has 1 fully saturated rings. The van der Waals surface area contributed by atoms with Gasteiger partial charge in [-0.05, 0) is 36.8 Å². The molecule has 6 nitrogen and oxygen atoms in total. The first kappa shape index (κ1) is 21.1. The molecule has 0 bridgehead atoms. The Kier molecular flexibility index (Phi) is 7.12. The van der Waals surface area contributed by atoms with E-state index in [4.69, 9.17) is 21.1 Å². The van der Waals surface area contributed by atoms with Gasteiger partial charge in [0.05, 0.1) is 19.3 Å². The van der Waals surface area contributed by atoms with Gasteiger partial charge in [-0.15, -0.1) is 0 Å². The molecule has 0 spiro atoms. The summed E-state index contributed by atoms with van der Waals surface area (Å²) in [7, 11) is 1.56. The number of piperazine rings is 1. The Labute approximate surface area is 176 Å². The van der Waals surface area contributed by atoms with Gasteiger partial charge < -0.3 is 14.4 Å². The summed E-state index contributed by atoms with van der Waals surface area (Å²) < 4.78 is 10.6. The van der Waals surface area contributed by atoms with Crippen molar-refractivity contribution in [2.75, 3.05) is 39.9 Å². The first-order chi connectivity index (χ1) is 14.0. The zero-order chi connectivity index (χ0) is 20.8. The molecule has 1 atom stereocenters. The smallest absolute Gasteiger partial charge is 0.328 e. The van der Waals surface area contributed by atoms with E-state index >= 15 is 0 Å². The molecule has 1 heterocycles. The number of carbonyl (C=O) groups is 2. The van der Waals surface area contributed by atoms with Crippen LogP contribution in [0.15, 0.2) is 48.5 Å². The lowest BCUT2D eigenvalue weighted by atomic mass is 10.0. The van der Waals surface area contributed by atoms with Crippen LogP contribution in [0.4, 0.5) is 0 Å². The summed E-state index contributed by atoms with van der Waals surface area (Å²) in [5.74, 6) is 0.200. The molecule has 0 saturated carbocycles. The minimum Gasteiger partial charge on any atom is -0.496 e. The highest BCUT2D eigenvalue weighted by Crippen LogP contribution is 2.26. The highest BCUT2D eigenvalue weighted by molar-refractivity contribution is 6.30. The number of nitrogens with zero attached hydrogens (tertiary/aromatic N) is 2. The monoisotopic (exact) mass is 416 g/mol. The second-order valence-electron chi connectivity index (χ2n) is 6.73. The number of ether oxygens (including phenoxy) is 2. The first-order valence-corrected chi connectivity index (χ1v) is 10.0. The zero-order valence-corrected chi connectivity index (χ0v) is 17.4. The summed E-state index contributed by atoms with van der Waals surface area (Å²) in [6, 6.07) is 13.9. The Balaban J connectivity index is 1.73. The lowest BCUT2D eigenvalue weighted by Gasteiger charge is -2.38. The van der Waals surface area contributed by atoms with Crippen molar-refractivity contribution in [2.45, 2.75) is 13.0 Å². The third-order valence-corrected chi connectivity index (χ3v) is 5.25. The molecule has 1 aliphatic rings. The quantitative estimate of drug-likeness (QED) is 0.675. The first-order valence-electron chi connectivity index (χ1n) is 9.63. The largest absolute Gasteiger partial charge is 0.496 e. The molecule has 0 N–H and O–H groups in total. The number of halogens is 1. The van der Waals surface area contributed by atoms with E-state index < -0.39 is 6.04 Å². The highest BCUT2D eigenvalue weighted by atomic mass is 35.5. The van der Waals surface area contributed by atoms with Crippen LogP contribution in [0.1, 0.15) is 28.9 Å². The number of carbonyl (C=O) groups excluding carboxylic acids is 2. The molecule has 1 unspecified atom stereocenters. The molecule has 0 radical (unpaired) electrons. The van der Waals surface area contributed by atoms with Crippen LogP contribution < -0.4 is 4.74 Å². The minimum atomic E-state index is -0.518. The average molecular weight is 417 g/mol. The molecule has 2 aromatic rings. The fraction of sp³-hybridized carbons (Fsp3) is 0.364. The van der Waals surface area contributed by atoms with Gasteiger partial charge in [-0.3, -0.25) is 9.69 Å². The van der Waals surface area contributed by atoms with E-state index in [1.807, 2.05) is 29.2 Å². The van der Waals surface area contributed by atoms with Gasteiger partial charge in [0, 0.05) is 31.2 Å². The van der Waals surface area contributed by atoms with E-state index in [1.54, 1.807) is 43.2 Å². The van der Waals surface area contributed by atoms with Crippen LogP contribution >= 0.6 is 11.6 Å². The van der Waals surface area contributed by atoms with Gasteiger partial charge in [0.1, 0.15) is 11.8 Å². The second kappa shape index (κ2) is 9.76. The number of benzene rings is 2. The van der Waals surface area contributed by atoms with Crippen molar-refractivity contribution in [3.05, 3.63) is 64.7 Å². The third kappa shape index (κ3) is 4.89. The van der Waals surface area contributed by atoms with E-state index in [0.29, 0.717) is 49.1 Å². The maximum absolute atomic E-state index is 12.9. The molecule has 7 heteroatoms. The molecule has 1 aliphatic heterocycles. The second-order valence-corrected chi connectivity index (χ2v) is 7.17. The van der Waals surface area contributed by atoms with Gasteiger partial charge in [-0.1, -0.05) is 35.9 Å². The summed E-state index contributed by atoms with van der Waals surface area (Å²) in [4.78, 5) is 29.4. The predicted molar refractivity (Wildman–Crippen MR) is 111 cm³/mol. The van der Waals surface area contributed by atoms with Crippen molar-refractivity contribution in [3.8, 4) is 5.75 Å². The molecule has 1 amide bonds. The van der Waals surface area contributed by atoms with Crippen LogP contribution in [0.25, 0.3) is 0 Å². The molecule has 154 valence electrons. The van der Waals surface area contributed by atoms with E-state index in [-0.39, 0.29) is 11.9 Å². The van der Waals surface area contributed by atoms with Crippen molar-refractivity contribution in [1.82, 2.24) is 9.80 Å². The zero-order valence-electron chi connectivity index (χ0n) is 16.6. The van der Waals surface area contributed by atoms with E-state index in [2.05, 4.69) is 0 Å².